The zero-order chi connectivity index (χ0) is 14.5. The molecule has 5 heteroatoms. The molecule has 0 spiro atoms. The van der Waals surface area contributed by atoms with Crippen molar-refractivity contribution >= 4 is 5.97 Å². The molecule has 5 nitrogen and oxygen atoms in total. The molecule has 0 amide bonds. The minimum Gasteiger partial charge on any atom is -0.490 e. The fourth-order valence-corrected chi connectivity index (χ4v) is 1.78. The van der Waals surface area contributed by atoms with Gasteiger partial charge in [0.15, 0.2) is 0 Å². The molecule has 106 valence electrons. The number of hydrogen-bond donors (Lipinski definition) is 0. The molecule has 0 aliphatic heterocycles. The molecule has 0 atom stereocenters. The molecule has 1 heterocycles. The Bertz CT molecular complexity index is 605. The van der Waals surface area contributed by atoms with Gasteiger partial charge < -0.3 is 9.47 Å². The molecular formula is C15H18N2O3. The summed E-state index contributed by atoms with van der Waals surface area (Å²) in [6, 6.07) is 7.74. The largest absolute Gasteiger partial charge is 0.490 e. The first-order valence-corrected chi connectivity index (χ1v) is 6.43. The molecule has 0 unspecified atom stereocenters. The maximum absolute atomic E-state index is 11.8. The van der Waals surface area contributed by atoms with Crippen molar-refractivity contribution in [3.8, 4) is 5.75 Å². The van der Waals surface area contributed by atoms with Crippen molar-refractivity contribution in [2.75, 3.05) is 13.2 Å². The van der Waals surface area contributed by atoms with Crippen molar-refractivity contribution in [1.29, 1.82) is 0 Å². The second-order valence-corrected chi connectivity index (χ2v) is 4.57. The first-order valence-electron chi connectivity index (χ1n) is 6.43. The summed E-state index contributed by atoms with van der Waals surface area (Å²) in [7, 11) is 1.78. The van der Waals surface area contributed by atoms with Gasteiger partial charge in [0.2, 0.25) is 0 Å². The molecular weight excluding hydrogens is 256 g/mol. The predicted molar refractivity (Wildman–Crippen MR) is 74.9 cm³/mol. The Morgan fingerprint density at radius 2 is 2.10 bits per heavy atom. The third-order valence-corrected chi connectivity index (χ3v) is 3.03. The van der Waals surface area contributed by atoms with Gasteiger partial charge in [-0.2, -0.15) is 5.10 Å². The van der Waals surface area contributed by atoms with Gasteiger partial charge in [-0.3, -0.25) is 4.68 Å². The molecule has 2 aromatic rings. The molecule has 0 radical (unpaired) electrons. The molecule has 2 rings (SSSR count). The van der Waals surface area contributed by atoms with Crippen molar-refractivity contribution in [1.82, 2.24) is 9.78 Å². The van der Waals surface area contributed by atoms with Crippen LogP contribution in [0.15, 0.2) is 30.5 Å². The number of aromatic nitrogens is 2. The minimum absolute atomic E-state index is 0.209. The standard InChI is InChI=1S/C15H18N2O3/c1-11-5-4-6-13(9-11)19-7-8-20-15(18)14-10-16-17(3)12(14)2/h4-6,9-10H,7-8H2,1-3H3. The second kappa shape index (κ2) is 6.23. The van der Waals surface area contributed by atoms with E-state index in [0.29, 0.717) is 12.2 Å². The SMILES string of the molecule is Cc1cccc(OCCOC(=O)c2cnn(C)c2C)c1. The first-order chi connectivity index (χ1) is 9.58. The Balaban J connectivity index is 1.79. The highest BCUT2D eigenvalue weighted by atomic mass is 16.6. The minimum atomic E-state index is -0.372. The van der Waals surface area contributed by atoms with Gasteiger partial charge in [-0.15, -0.1) is 0 Å². The number of carbonyl (C=O) groups is 1. The maximum Gasteiger partial charge on any atom is 0.341 e. The van der Waals surface area contributed by atoms with Gasteiger partial charge in [-0.25, -0.2) is 4.79 Å². The highest BCUT2D eigenvalue weighted by Crippen LogP contribution is 2.12. The van der Waals surface area contributed by atoms with Crippen molar-refractivity contribution in [3.05, 3.63) is 47.3 Å². The fraction of sp³-hybridized carbons (Fsp3) is 0.333. The van der Waals surface area contributed by atoms with Crippen LogP contribution in [-0.2, 0) is 11.8 Å². The van der Waals surface area contributed by atoms with Gasteiger partial charge in [0.25, 0.3) is 0 Å². The van der Waals surface area contributed by atoms with Crippen LogP contribution in [0.3, 0.4) is 0 Å². The van der Waals surface area contributed by atoms with Crippen LogP contribution < -0.4 is 4.74 Å². The number of esters is 1. The van der Waals surface area contributed by atoms with Crippen LogP contribution in [0.25, 0.3) is 0 Å². The summed E-state index contributed by atoms with van der Waals surface area (Å²) in [5.74, 6) is 0.405. The number of carbonyl (C=O) groups excluding carboxylic acids is 1. The Morgan fingerprint density at radius 1 is 1.30 bits per heavy atom. The molecule has 1 aromatic carbocycles. The predicted octanol–water partition coefficient (Wildman–Crippen LogP) is 2.27. The molecule has 0 saturated carbocycles. The van der Waals surface area contributed by atoms with Crippen molar-refractivity contribution in [3.63, 3.8) is 0 Å². The second-order valence-electron chi connectivity index (χ2n) is 4.57. The van der Waals surface area contributed by atoms with Crippen LogP contribution in [0.2, 0.25) is 0 Å². The highest BCUT2D eigenvalue weighted by Gasteiger charge is 2.13. The van der Waals surface area contributed by atoms with E-state index in [4.69, 9.17) is 9.47 Å². The van der Waals surface area contributed by atoms with E-state index in [9.17, 15) is 4.79 Å². The van der Waals surface area contributed by atoms with Crippen LogP contribution in [-0.4, -0.2) is 29.0 Å². The molecule has 0 aliphatic rings. The summed E-state index contributed by atoms with van der Waals surface area (Å²) in [4.78, 5) is 11.8. The third kappa shape index (κ3) is 3.38. The number of ether oxygens (including phenoxy) is 2. The molecule has 0 fully saturated rings. The summed E-state index contributed by atoms with van der Waals surface area (Å²) in [6.07, 6.45) is 1.51. The van der Waals surface area contributed by atoms with Gasteiger partial charge in [0.1, 0.15) is 24.5 Å². The van der Waals surface area contributed by atoms with Gasteiger partial charge in [-0.05, 0) is 31.5 Å². The smallest absolute Gasteiger partial charge is 0.341 e. The normalized spacial score (nSPS) is 10.3. The molecule has 20 heavy (non-hydrogen) atoms. The van der Waals surface area contributed by atoms with Crippen molar-refractivity contribution in [2.45, 2.75) is 13.8 Å². The van der Waals surface area contributed by atoms with Crippen LogP contribution in [0.4, 0.5) is 0 Å². The Labute approximate surface area is 118 Å². The van der Waals surface area contributed by atoms with E-state index in [1.165, 1.54) is 6.20 Å². The Hall–Kier alpha value is -2.30. The average Bonchev–Trinajstić information content (AvgIpc) is 2.75. The zero-order valence-electron chi connectivity index (χ0n) is 11.9. The van der Waals surface area contributed by atoms with E-state index < -0.39 is 0 Å². The lowest BCUT2D eigenvalue weighted by Gasteiger charge is -2.07. The van der Waals surface area contributed by atoms with Gasteiger partial charge in [0.05, 0.1) is 6.20 Å². The molecule has 0 N–H and O–H groups in total. The lowest BCUT2D eigenvalue weighted by atomic mass is 10.2. The lowest BCUT2D eigenvalue weighted by Crippen LogP contribution is -2.13. The Morgan fingerprint density at radius 3 is 2.75 bits per heavy atom. The number of rotatable bonds is 5. The number of nitrogens with zero attached hydrogens (tertiary/aromatic N) is 2. The molecule has 0 bridgehead atoms. The molecule has 1 aromatic heterocycles. The summed E-state index contributed by atoms with van der Waals surface area (Å²) < 4.78 is 12.3. The quantitative estimate of drug-likeness (QED) is 0.620. The van der Waals surface area contributed by atoms with E-state index in [1.54, 1.807) is 11.7 Å². The van der Waals surface area contributed by atoms with E-state index in [-0.39, 0.29) is 12.6 Å². The van der Waals surface area contributed by atoms with Crippen LogP contribution >= 0.6 is 0 Å². The van der Waals surface area contributed by atoms with Crippen molar-refractivity contribution < 1.29 is 14.3 Å². The zero-order valence-corrected chi connectivity index (χ0v) is 11.9. The highest BCUT2D eigenvalue weighted by molar-refractivity contribution is 5.90. The monoisotopic (exact) mass is 274 g/mol. The Kier molecular flexibility index (Phi) is 4.40. The summed E-state index contributed by atoms with van der Waals surface area (Å²) in [6.45, 7) is 4.36. The summed E-state index contributed by atoms with van der Waals surface area (Å²) in [5.41, 5.74) is 2.41. The average molecular weight is 274 g/mol. The number of aryl methyl sites for hydroxylation is 2. The molecule has 0 saturated heterocycles. The summed E-state index contributed by atoms with van der Waals surface area (Å²) in [5, 5.41) is 4.01. The van der Waals surface area contributed by atoms with Crippen molar-refractivity contribution in [2.24, 2.45) is 7.05 Å². The lowest BCUT2D eigenvalue weighted by molar-refractivity contribution is 0.0449. The van der Waals surface area contributed by atoms with E-state index >= 15 is 0 Å². The van der Waals surface area contributed by atoms with E-state index in [0.717, 1.165) is 17.0 Å². The number of hydrogen-bond acceptors (Lipinski definition) is 4. The topological polar surface area (TPSA) is 53.4 Å². The van der Waals surface area contributed by atoms with Crippen LogP contribution in [0, 0.1) is 13.8 Å². The third-order valence-electron chi connectivity index (χ3n) is 3.03. The maximum atomic E-state index is 11.8. The first kappa shape index (κ1) is 14.1. The summed E-state index contributed by atoms with van der Waals surface area (Å²) >= 11 is 0. The van der Waals surface area contributed by atoms with Crippen LogP contribution in [0.1, 0.15) is 21.6 Å². The van der Waals surface area contributed by atoms with E-state index in [2.05, 4.69) is 5.10 Å². The number of benzene rings is 1. The van der Waals surface area contributed by atoms with Crippen LogP contribution in [0.5, 0.6) is 5.75 Å². The fourth-order valence-electron chi connectivity index (χ4n) is 1.78. The van der Waals surface area contributed by atoms with E-state index in [1.807, 2.05) is 38.1 Å². The van der Waals surface area contributed by atoms with Gasteiger partial charge in [-0.1, -0.05) is 12.1 Å². The van der Waals surface area contributed by atoms with Gasteiger partial charge in [0, 0.05) is 12.7 Å². The van der Waals surface area contributed by atoms with Gasteiger partial charge >= 0.3 is 5.97 Å². The molecule has 0 aliphatic carbocycles.